The van der Waals surface area contributed by atoms with Crippen LogP contribution in [-0.4, -0.2) is 13.1 Å². The molecular weight excluding hydrogens is 208 g/mol. The molecule has 0 atom stereocenters. The zero-order valence-corrected chi connectivity index (χ0v) is 11.0. The highest BCUT2D eigenvalue weighted by atomic mass is 15.1. The van der Waals surface area contributed by atoms with Crippen molar-refractivity contribution in [1.29, 1.82) is 5.26 Å². The summed E-state index contributed by atoms with van der Waals surface area (Å²) in [7, 11) is 0. The van der Waals surface area contributed by atoms with E-state index in [9.17, 15) is 0 Å². The predicted octanol–water partition coefficient (Wildman–Crippen LogP) is 3.26. The fraction of sp³-hybridized carbons (Fsp3) is 0.533. The Labute approximate surface area is 104 Å². The number of anilines is 1. The second-order valence-corrected chi connectivity index (χ2v) is 5.78. The topological polar surface area (TPSA) is 27.0 Å². The standard InChI is InChI=1S/C15H20N2/c1-15(2,3)13-6-7-14-12(11-13)5-4-9-17(14)10-8-16/h6-7,11H,4-5,9-10H2,1-3H3. The molecule has 1 heterocycles. The molecule has 17 heavy (non-hydrogen) atoms. The predicted molar refractivity (Wildman–Crippen MR) is 71.3 cm³/mol. The van der Waals surface area contributed by atoms with Gasteiger partial charge >= 0.3 is 0 Å². The largest absolute Gasteiger partial charge is 0.358 e. The van der Waals surface area contributed by atoms with Crippen LogP contribution in [0.3, 0.4) is 0 Å². The van der Waals surface area contributed by atoms with Crippen molar-refractivity contribution < 1.29 is 0 Å². The quantitative estimate of drug-likeness (QED) is 0.690. The lowest BCUT2D eigenvalue weighted by atomic mass is 9.84. The van der Waals surface area contributed by atoms with Crippen molar-refractivity contribution in [2.75, 3.05) is 18.0 Å². The molecular formula is C15H20N2. The highest BCUT2D eigenvalue weighted by Crippen LogP contribution is 2.31. The third kappa shape index (κ3) is 2.44. The molecule has 1 aliphatic rings. The van der Waals surface area contributed by atoms with Crippen LogP contribution in [0.2, 0.25) is 0 Å². The van der Waals surface area contributed by atoms with Crippen molar-refractivity contribution in [1.82, 2.24) is 0 Å². The maximum absolute atomic E-state index is 8.84. The van der Waals surface area contributed by atoms with Crippen LogP contribution in [0.25, 0.3) is 0 Å². The summed E-state index contributed by atoms with van der Waals surface area (Å²) in [5.74, 6) is 0. The summed E-state index contributed by atoms with van der Waals surface area (Å²) in [6, 6.07) is 8.96. The third-order valence-corrected chi connectivity index (χ3v) is 3.42. The van der Waals surface area contributed by atoms with Crippen LogP contribution >= 0.6 is 0 Å². The Hall–Kier alpha value is -1.49. The molecule has 0 bridgehead atoms. The summed E-state index contributed by atoms with van der Waals surface area (Å²) in [6.45, 7) is 8.23. The van der Waals surface area contributed by atoms with Crippen molar-refractivity contribution in [2.24, 2.45) is 0 Å². The molecule has 0 spiro atoms. The lowest BCUT2D eigenvalue weighted by molar-refractivity contribution is 0.587. The minimum absolute atomic E-state index is 0.201. The van der Waals surface area contributed by atoms with Gasteiger partial charge in [0.25, 0.3) is 0 Å². The number of nitrogens with zero attached hydrogens (tertiary/aromatic N) is 2. The van der Waals surface area contributed by atoms with E-state index in [1.807, 2.05) is 0 Å². The normalized spacial score (nSPS) is 15.3. The Bertz CT molecular complexity index is 449. The summed E-state index contributed by atoms with van der Waals surface area (Å²) >= 11 is 0. The molecule has 0 unspecified atom stereocenters. The second kappa shape index (κ2) is 4.41. The Kier molecular flexibility index (Phi) is 3.11. The van der Waals surface area contributed by atoms with Crippen molar-refractivity contribution >= 4 is 5.69 Å². The lowest BCUT2D eigenvalue weighted by Gasteiger charge is -2.31. The van der Waals surface area contributed by atoms with E-state index < -0.39 is 0 Å². The summed E-state index contributed by atoms with van der Waals surface area (Å²) in [5.41, 5.74) is 4.24. The van der Waals surface area contributed by atoms with Gasteiger partial charge in [-0.15, -0.1) is 0 Å². The number of aryl methyl sites for hydroxylation is 1. The first-order valence-corrected chi connectivity index (χ1v) is 6.27. The molecule has 2 nitrogen and oxygen atoms in total. The molecule has 0 aromatic heterocycles. The molecule has 0 saturated carbocycles. The van der Waals surface area contributed by atoms with Gasteiger partial charge in [0, 0.05) is 12.2 Å². The molecule has 0 saturated heterocycles. The van der Waals surface area contributed by atoms with Gasteiger partial charge in [0.05, 0.1) is 6.07 Å². The van der Waals surface area contributed by atoms with Crippen LogP contribution in [0.1, 0.15) is 38.3 Å². The third-order valence-electron chi connectivity index (χ3n) is 3.42. The van der Waals surface area contributed by atoms with Crippen molar-refractivity contribution in [3.8, 4) is 6.07 Å². The lowest BCUT2D eigenvalue weighted by Crippen LogP contribution is -2.30. The highest BCUT2D eigenvalue weighted by molar-refractivity contribution is 5.58. The SMILES string of the molecule is CC(C)(C)c1ccc2c(c1)CCCN2CC#N. The van der Waals surface area contributed by atoms with E-state index in [1.165, 1.54) is 16.8 Å². The first-order valence-electron chi connectivity index (χ1n) is 6.27. The van der Waals surface area contributed by atoms with Crippen LogP contribution in [0.5, 0.6) is 0 Å². The summed E-state index contributed by atoms with van der Waals surface area (Å²) in [6.07, 6.45) is 2.30. The van der Waals surface area contributed by atoms with E-state index in [-0.39, 0.29) is 5.41 Å². The number of fused-ring (bicyclic) bond motifs is 1. The molecule has 1 aromatic rings. The summed E-state index contributed by atoms with van der Waals surface area (Å²) < 4.78 is 0. The molecule has 0 aliphatic carbocycles. The van der Waals surface area contributed by atoms with Gasteiger partial charge in [-0.1, -0.05) is 32.9 Å². The van der Waals surface area contributed by atoms with Crippen molar-refractivity contribution in [3.05, 3.63) is 29.3 Å². The molecule has 90 valence electrons. The van der Waals surface area contributed by atoms with Gasteiger partial charge in [-0.2, -0.15) is 5.26 Å². The Morgan fingerprint density at radius 2 is 2.12 bits per heavy atom. The van der Waals surface area contributed by atoms with E-state index in [0.29, 0.717) is 6.54 Å². The Balaban J connectivity index is 2.37. The monoisotopic (exact) mass is 228 g/mol. The van der Waals surface area contributed by atoms with Crippen LogP contribution in [-0.2, 0) is 11.8 Å². The number of hydrogen-bond donors (Lipinski definition) is 0. The smallest absolute Gasteiger partial charge is 0.105 e. The number of rotatable bonds is 1. The molecule has 0 radical (unpaired) electrons. The van der Waals surface area contributed by atoms with Gasteiger partial charge in [-0.3, -0.25) is 0 Å². The Morgan fingerprint density at radius 1 is 1.35 bits per heavy atom. The van der Waals surface area contributed by atoms with Gasteiger partial charge in [-0.25, -0.2) is 0 Å². The molecule has 2 heteroatoms. The maximum Gasteiger partial charge on any atom is 0.105 e. The van der Waals surface area contributed by atoms with Crippen LogP contribution < -0.4 is 4.90 Å². The maximum atomic E-state index is 8.84. The second-order valence-electron chi connectivity index (χ2n) is 5.78. The molecule has 1 aliphatic heterocycles. The molecule has 2 rings (SSSR count). The minimum atomic E-state index is 0.201. The number of benzene rings is 1. The molecule has 0 amide bonds. The summed E-state index contributed by atoms with van der Waals surface area (Å²) in [5, 5.41) is 8.84. The van der Waals surface area contributed by atoms with E-state index in [2.05, 4.69) is 49.9 Å². The van der Waals surface area contributed by atoms with Crippen molar-refractivity contribution in [3.63, 3.8) is 0 Å². The van der Waals surface area contributed by atoms with Crippen LogP contribution in [0.15, 0.2) is 18.2 Å². The highest BCUT2D eigenvalue weighted by Gasteiger charge is 2.20. The van der Waals surface area contributed by atoms with Crippen LogP contribution in [0, 0.1) is 11.3 Å². The average Bonchev–Trinajstić information content (AvgIpc) is 2.28. The van der Waals surface area contributed by atoms with Gasteiger partial charge in [-0.05, 0) is 35.4 Å². The fourth-order valence-electron chi connectivity index (χ4n) is 2.39. The first-order chi connectivity index (χ1) is 8.02. The molecule has 0 fully saturated rings. The number of nitriles is 1. The van der Waals surface area contributed by atoms with Crippen molar-refractivity contribution in [2.45, 2.75) is 39.0 Å². The average molecular weight is 228 g/mol. The van der Waals surface area contributed by atoms with Crippen LogP contribution in [0.4, 0.5) is 5.69 Å². The van der Waals surface area contributed by atoms with Gasteiger partial charge in [0.15, 0.2) is 0 Å². The zero-order chi connectivity index (χ0) is 12.5. The number of hydrogen-bond acceptors (Lipinski definition) is 2. The zero-order valence-electron chi connectivity index (χ0n) is 11.0. The first kappa shape index (κ1) is 12.0. The van der Waals surface area contributed by atoms with Gasteiger partial charge in [0.2, 0.25) is 0 Å². The molecule has 0 N–H and O–H groups in total. The Morgan fingerprint density at radius 3 is 2.76 bits per heavy atom. The van der Waals surface area contributed by atoms with Gasteiger partial charge < -0.3 is 4.90 Å². The summed E-state index contributed by atoms with van der Waals surface area (Å²) in [4.78, 5) is 2.19. The van der Waals surface area contributed by atoms with E-state index in [1.54, 1.807) is 0 Å². The molecule has 1 aromatic carbocycles. The fourth-order valence-corrected chi connectivity index (χ4v) is 2.39. The van der Waals surface area contributed by atoms with E-state index in [4.69, 9.17) is 5.26 Å². The minimum Gasteiger partial charge on any atom is -0.358 e. The van der Waals surface area contributed by atoms with E-state index >= 15 is 0 Å². The van der Waals surface area contributed by atoms with E-state index in [0.717, 1.165) is 19.4 Å². The van der Waals surface area contributed by atoms with Gasteiger partial charge in [0.1, 0.15) is 6.54 Å².